The number of carbonyl (C=O) groups is 1. The molecule has 0 atom stereocenters. The number of hydrogen-bond acceptors (Lipinski definition) is 6. The first kappa shape index (κ1) is 16.4. The summed E-state index contributed by atoms with van der Waals surface area (Å²) in [5.74, 6) is 0.685. The van der Waals surface area contributed by atoms with Crippen LogP contribution in [0.4, 0.5) is 5.69 Å². The van der Waals surface area contributed by atoms with Gasteiger partial charge in [0.2, 0.25) is 0 Å². The van der Waals surface area contributed by atoms with E-state index < -0.39 is 10.8 Å². The predicted molar refractivity (Wildman–Crippen MR) is 90.2 cm³/mol. The Kier molecular flexibility index (Phi) is 4.60. The quantitative estimate of drug-likeness (QED) is 0.682. The average molecular weight is 341 g/mol. The van der Waals surface area contributed by atoms with Crippen LogP contribution >= 0.6 is 0 Å². The summed E-state index contributed by atoms with van der Waals surface area (Å²) in [6.07, 6.45) is 0. The second-order valence-electron chi connectivity index (χ2n) is 5.45. The van der Waals surface area contributed by atoms with E-state index in [9.17, 15) is 14.9 Å². The van der Waals surface area contributed by atoms with E-state index in [1.807, 2.05) is 25.1 Å². The molecule has 8 nitrogen and oxygen atoms in total. The van der Waals surface area contributed by atoms with Crippen LogP contribution in [0.25, 0.3) is 0 Å². The molecule has 0 spiro atoms. The highest BCUT2D eigenvalue weighted by Crippen LogP contribution is 2.29. The Morgan fingerprint density at radius 1 is 1.16 bits per heavy atom. The van der Waals surface area contributed by atoms with Gasteiger partial charge >= 0.3 is 0 Å². The summed E-state index contributed by atoms with van der Waals surface area (Å²) in [6.45, 7) is 2.29. The molecule has 0 aromatic heterocycles. The van der Waals surface area contributed by atoms with Gasteiger partial charge in [0.05, 0.1) is 4.92 Å². The normalized spacial score (nSPS) is 14.7. The van der Waals surface area contributed by atoms with Crippen molar-refractivity contribution in [3.63, 3.8) is 0 Å². The van der Waals surface area contributed by atoms with Gasteiger partial charge in [-0.3, -0.25) is 14.9 Å². The molecule has 25 heavy (non-hydrogen) atoms. The van der Waals surface area contributed by atoms with Crippen molar-refractivity contribution in [2.75, 3.05) is 13.2 Å². The van der Waals surface area contributed by atoms with Gasteiger partial charge in [0.1, 0.15) is 18.9 Å². The standard InChI is InChI=1S/C17H15N3O5/c1-11-5-6-15-16(7-11)25-10-13(9-24-15)18-19-17(21)12-3-2-4-14(8-12)20(22)23/h2-8H,9-10H2,1H3,(H,19,21)/b18-13+. The fourth-order valence-corrected chi connectivity index (χ4v) is 2.23. The van der Waals surface area contributed by atoms with Gasteiger partial charge in [-0.25, -0.2) is 5.43 Å². The Balaban J connectivity index is 1.67. The van der Waals surface area contributed by atoms with Crippen LogP contribution in [0.3, 0.4) is 0 Å². The molecule has 8 heteroatoms. The van der Waals surface area contributed by atoms with Crippen LogP contribution in [-0.2, 0) is 0 Å². The largest absolute Gasteiger partial charge is 0.484 e. The highest BCUT2D eigenvalue weighted by molar-refractivity contribution is 5.96. The van der Waals surface area contributed by atoms with Crippen molar-refractivity contribution in [1.29, 1.82) is 0 Å². The second kappa shape index (κ2) is 7.00. The SMILES string of the molecule is Cc1ccc2c(c1)OC/C(=N/NC(=O)c1cccc([N+](=O)[O-])c1)CO2. The summed E-state index contributed by atoms with van der Waals surface area (Å²) in [6, 6.07) is 11.0. The van der Waals surface area contributed by atoms with Crippen molar-refractivity contribution in [1.82, 2.24) is 5.43 Å². The molecule has 1 heterocycles. The van der Waals surface area contributed by atoms with E-state index in [1.54, 1.807) is 0 Å². The molecular formula is C17H15N3O5. The third-order valence-corrected chi connectivity index (χ3v) is 3.52. The third-order valence-electron chi connectivity index (χ3n) is 3.52. The van der Waals surface area contributed by atoms with Gasteiger partial charge in [-0.2, -0.15) is 5.10 Å². The van der Waals surface area contributed by atoms with Crippen molar-refractivity contribution >= 4 is 17.3 Å². The van der Waals surface area contributed by atoms with Gasteiger partial charge in [-0.05, 0) is 30.7 Å². The first-order valence-corrected chi connectivity index (χ1v) is 7.49. The zero-order valence-corrected chi connectivity index (χ0v) is 13.4. The summed E-state index contributed by atoms with van der Waals surface area (Å²) in [4.78, 5) is 22.3. The smallest absolute Gasteiger partial charge is 0.271 e. The lowest BCUT2D eigenvalue weighted by Gasteiger charge is -2.06. The molecule has 1 amide bonds. The van der Waals surface area contributed by atoms with Gasteiger partial charge in [-0.15, -0.1) is 0 Å². The van der Waals surface area contributed by atoms with Crippen LogP contribution < -0.4 is 14.9 Å². The molecule has 0 bridgehead atoms. The van der Waals surface area contributed by atoms with E-state index in [0.717, 1.165) is 5.56 Å². The molecular weight excluding hydrogens is 326 g/mol. The number of non-ortho nitro benzene ring substituents is 1. The number of hydrazone groups is 1. The number of nitrogens with zero attached hydrogens (tertiary/aromatic N) is 2. The highest BCUT2D eigenvalue weighted by Gasteiger charge is 2.15. The molecule has 1 N–H and O–H groups in total. The maximum Gasteiger partial charge on any atom is 0.271 e. The molecule has 1 aliphatic heterocycles. The van der Waals surface area contributed by atoms with Crippen molar-refractivity contribution < 1.29 is 19.2 Å². The van der Waals surface area contributed by atoms with Crippen LogP contribution in [0.1, 0.15) is 15.9 Å². The number of nitro benzene ring substituents is 1. The first-order valence-electron chi connectivity index (χ1n) is 7.49. The number of ether oxygens (including phenoxy) is 2. The van der Waals surface area contributed by atoms with E-state index in [1.165, 1.54) is 24.3 Å². The number of aryl methyl sites for hydroxylation is 1. The molecule has 0 fully saturated rings. The van der Waals surface area contributed by atoms with Crippen molar-refractivity contribution in [3.05, 3.63) is 63.7 Å². The fourth-order valence-electron chi connectivity index (χ4n) is 2.23. The molecule has 3 rings (SSSR count). The summed E-state index contributed by atoms with van der Waals surface area (Å²) in [5, 5.41) is 14.8. The van der Waals surface area contributed by atoms with Crippen molar-refractivity contribution in [2.24, 2.45) is 5.10 Å². The molecule has 0 saturated carbocycles. The molecule has 2 aromatic rings. The van der Waals surface area contributed by atoms with Gasteiger partial charge in [-0.1, -0.05) is 12.1 Å². The zero-order valence-electron chi connectivity index (χ0n) is 13.4. The Hall–Kier alpha value is -3.42. The lowest BCUT2D eigenvalue weighted by molar-refractivity contribution is -0.384. The second-order valence-corrected chi connectivity index (χ2v) is 5.45. The molecule has 0 radical (unpaired) electrons. The predicted octanol–water partition coefficient (Wildman–Crippen LogP) is 2.46. The maximum absolute atomic E-state index is 12.1. The molecule has 0 aliphatic carbocycles. The Morgan fingerprint density at radius 3 is 2.68 bits per heavy atom. The number of amides is 1. The highest BCUT2D eigenvalue weighted by atomic mass is 16.6. The maximum atomic E-state index is 12.1. The number of carbonyl (C=O) groups excluding carboxylic acids is 1. The minimum absolute atomic E-state index is 0.146. The van der Waals surface area contributed by atoms with Crippen molar-refractivity contribution in [3.8, 4) is 11.5 Å². The molecule has 0 saturated heterocycles. The summed E-state index contributed by atoms with van der Waals surface area (Å²) in [7, 11) is 0. The van der Waals surface area contributed by atoms with Crippen LogP contribution in [0, 0.1) is 17.0 Å². The monoisotopic (exact) mass is 341 g/mol. The number of nitrogens with one attached hydrogen (secondary N) is 1. The van der Waals surface area contributed by atoms with E-state index in [-0.39, 0.29) is 24.5 Å². The average Bonchev–Trinajstić information content (AvgIpc) is 2.81. The van der Waals surface area contributed by atoms with Gasteiger partial charge in [0.25, 0.3) is 11.6 Å². The lowest BCUT2D eigenvalue weighted by atomic mass is 10.2. The zero-order chi connectivity index (χ0) is 17.8. The summed E-state index contributed by atoms with van der Waals surface area (Å²) in [5.41, 5.74) is 3.89. The molecule has 0 unspecified atom stereocenters. The summed E-state index contributed by atoms with van der Waals surface area (Å²) >= 11 is 0. The topological polar surface area (TPSA) is 103 Å². The van der Waals surface area contributed by atoms with Crippen LogP contribution in [-0.4, -0.2) is 29.8 Å². The minimum Gasteiger partial charge on any atom is -0.484 e. The Morgan fingerprint density at radius 2 is 1.92 bits per heavy atom. The van der Waals surface area contributed by atoms with E-state index in [0.29, 0.717) is 17.2 Å². The Bertz CT molecular complexity index is 863. The summed E-state index contributed by atoms with van der Waals surface area (Å²) < 4.78 is 11.2. The van der Waals surface area contributed by atoms with Gasteiger partial charge < -0.3 is 9.47 Å². The lowest BCUT2D eigenvalue weighted by Crippen LogP contribution is -2.24. The number of fused-ring (bicyclic) bond motifs is 1. The van der Waals surface area contributed by atoms with Gasteiger partial charge in [0.15, 0.2) is 11.5 Å². The fraction of sp³-hybridized carbons (Fsp3) is 0.176. The van der Waals surface area contributed by atoms with E-state index >= 15 is 0 Å². The van der Waals surface area contributed by atoms with E-state index in [2.05, 4.69) is 10.5 Å². The first-order chi connectivity index (χ1) is 12.0. The molecule has 128 valence electrons. The van der Waals surface area contributed by atoms with Gasteiger partial charge in [0, 0.05) is 17.7 Å². The number of hydrogen-bond donors (Lipinski definition) is 1. The molecule has 2 aromatic carbocycles. The van der Waals surface area contributed by atoms with Crippen molar-refractivity contribution in [2.45, 2.75) is 6.92 Å². The molecule has 1 aliphatic rings. The third kappa shape index (κ3) is 3.92. The van der Waals surface area contributed by atoms with E-state index in [4.69, 9.17) is 9.47 Å². The number of benzene rings is 2. The van der Waals surface area contributed by atoms with Crippen LogP contribution in [0.2, 0.25) is 0 Å². The van der Waals surface area contributed by atoms with Crippen LogP contribution in [0.5, 0.6) is 11.5 Å². The number of nitro groups is 1. The minimum atomic E-state index is -0.561. The van der Waals surface area contributed by atoms with Crippen LogP contribution in [0.15, 0.2) is 47.6 Å². The number of rotatable bonds is 3. The Labute approximate surface area is 143 Å².